The van der Waals surface area contributed by atoms with Gasteiger partial charge in [-0.05, 0) is 24.8 Å². The highest BCUT2D eigenvalue weighted by molar-refractivity contribution is 5.59. The van der Waals surface area contributed by atoms with Crippen molar-refractivity contribution in [2.45, 2.75) is 37.5 Å². The van der Waals surface area contributed by atoms with Gasteiger partial charge in [0.2, 0.25) is 0 Å². The highest BCUT2D eigenvalue weighted by Gasteiger charge is 2.55. The van der Waals surface area contributed by atoms with Crippen LogP contribution in [0.25, 0.3) is 0 Å². The first kappa shape index (κ1) is 14.6. The molecule has 1 aromatic heterocycles. The molecule has 6 heteroatoms. The van der Waals surface area contributed by atoms with Crippen LogP contribution in [0.15, 0.2) is 30.3 Å². The van der Waals surface area contributed by atoms with E-state index in [2.05, 4.69) is 9.97 Å². The quantitative estimate of drug-likeness (QED) is 0.912. The highest BCUT2D eigenvalue weighted by atomic mass is 16.3. The predicted molar refractivity (Wildman–Crippen MR) is 85.6 cm³/mol. The van der Waals surface area contributed by atoms with Gasteiger partial charge in [-0.25, -0.2) is 9.97 Å². The molecular weight excluding hydrogens is 302 g/mol. The highest BCUT2D eigenvalue weighted by Crippen LogP contribution is 2.54. The molecule has 2 atom stereocenters. The van der Waals surface area contributed by atoms with Crippen molar-refractivity contribution in [3.8, 4) is 12.1 Å². The Hall–Kier alpha value is -2.96. The van der Waals surface area contributed by atoms with Crippen molar-refractivity contribution in [1.29, 1.82) is 10.5 Å². The minimum Gasteiger partial charge on any atom is -0.370 e. The summed E-state index contributed by atoms with van der Waals surface area (Å²) in [6.07, 6.45) is 2.34. The summed E-state index contributed by atoms with van der Waals surface area (Å²) in [5.41, 5.74) is 0.694. The Balaban J connectivity index is 1.85. The SMILES string of the molecule is N#Cc1nc2c(nc1C#N)N(Cc1ccccc1)C1(O)CCCC21. The molecule has 4 rings (SSSR count). The van der Waals surface area contributed by atoms with Crippen LogP contribution >= 0.6 is 0 Å². The number of aromatic nitrogens is 2. The third-order valence-electron chi connectivity index (χ3n) is 4.95. The van der Waals surface area contributed by atoms with Gasteiger partial charge in [0.25, 0.3) is 0 Å². The summed E-state index contributed by atoms with van der Waals surface area (Å²) < 4.78 is 0. The summed E-state index contributed by atoms with van der Waals surface area (Å²) in [5, 5.41) is 29.7. The largest absolute Gasteiger partial charge is 0.370 e. The normalized spacial score (nSPS) is 24.1. The number of rotatable bonds is 2. The Kier molecular flexibility index (Phi) is 3.23. The molecule has 1 aliphatic heterocycles. The molecule has 2 heterocycles. The van der Waals surface area contributed by atoms with Gasteiger partial charge in [-0.1, -0.05) is 30.3 Å². The molecule has 0 bridgehead atoms. The predicted octanol–water partition coefficient (Wildman–Crippen LogP) is 2.20. The molecule has 0 radical (unpaired) electrons. The zero-order valence-electron chi connectivity index (χ0n) is 13.0. The third kappa shape index (κ3) is 1.97. The molecule has 24 heavy (non-hydrogen) atoms. The number of hydrogen-bond donors (Lipinski definition) is 1. The molecular formula is C18H15N5O. The standard InChI is InChI=1S/C18H15N5O/c19-9-14-15(10-20)22-17-16(21-14)13-7-4-8-18(13,24)23(17)11-12-5-2-1-3-6-12/h1-3,5-6,13,24H,4,7-8,11H2. The van der Waals surface area contributed by atoms with Crippen molar-refractivity contribution >= 4 is 5.82 Å². The Labute approximate surface area is 139 Å². The van der Waals surface area contributed by atoms with Gasteiger partial charge in [0, 0.05) is 6.54 Å². The number of nitriles is 2. The van der Waals surface area contributed by atoms with Crippen molar-refractivity contribution in [2.24, 2.45) is 0 Å². The van der Waals surface area contributed by atoms with Crippen LogP contribution in [-0.2, 0) is 6.54 Å². The van der Waals surface area contributed by atoms with Crippen molar-refractivity contribution < 1.29 is 5.11 Å². The van der Waals surface area contributed by atoms with Gasteiger partial charge in [-0.2, -0.15) is 10.5 Å². The van der Waals surface area contributed by atoms with Crippen molar-refractivity contribution in [1.82, 2.24) is 9.97 Å². The van der Waals surface area contributed by atoms with Gasteiger partial charge in [-0.3, -0.25) is 0 Å². The Morgan fingerprint density at radius 3 is 2.58 bits per heavy atom. The fourth-order valence-corrected chi connectivity index (χ4v) is 3.84. The van der Waals surface area contributed by atoms with E-state index in [0.29, 0.717) is 24.5 Å². The van der Waals surface area contributed by atoms with Crippen molar-refractivity contribution in [3.63, 3.8) is 0 Å². The molecule has 2 unspecified atom stereocenters. The summed E-state index contributed by atoms with van der Waals surface area (Å²) in [7, 11) is 0. The number of fused-ring (bicyclic) bond motifs is 3. The smallest absolute Gasteiger partial charge is 0.179 e. The first-order valence-corrected chi connectivity index (χ1v) is 7.93. The van der Waals surface area contributed by atoms with Crippen molar-refractivity contribution in [2.75, 3.05) is 4.90 Å². The van der Waals surface area contributed by atoms with Crippen LogP contribution in [-0.4, -0.2) is 20.8 Å². The zero-order valence-corrected chi connectivity index (χ0v) is 13.0. The van der Waals surface area contributed by atoms with Gasteiger partial charge in [0.05, 0.1) is 11.6 Å². The molecule has 0 saturated heterocycles. The van der Waals surface area contributed by atoms with Gasteiger partial charge < -0.3 is 10.0 Å². The lowest BCUT2D eigenvalue weighted by molar-refractivity contribution is 0.0337. The second kappa shape index (κ2) is 5.30. The van der Waals surface area contributed by atoms with Crippen LogP contribution in [0.4, 0.5) is 5.82 Å². The van der Waals surface area contributed by atoms with E-state index in [4.69, 9.17) is 0 Å². The zero-order chi connectivity index (χ0) is 16.7. The van der Waals surface area contributed by atoms with E-state index in [9.17, 15) is 15.6 Å². The lowest BCUT2D eigenvalue weighted by Crippen LogP contribution is -2.46. The average molecular weight is 317 g/mol. The molecule has 2 aromatic rings. The molecule has 6 nitrogen and oxygen atoms in total. The van der Waals surface area contributed by atoms with Crippen LogP contribution in [0.2, 0.25) is 0 Å². The maximum Gasteiger partial charge on any atom is 0.179 e. The van der Waals surface area contributed by atoms with E-state index in [1.165, 1.54) is 0 Å². The molecule has 118 valence electrons. The second-order valence-electron chi connectivity index (χ2n) is 6.25. The molecule has 1 aromatic carbocycles. The van der Waals surface area contributed by atoms with E-state index in [1.807, 2.05) is 47.4 Å². The van der Waals surface area contributed by atoms with E-state index in [1.54, 1.807) is 0 Å². The molecule has 0 spiro atoms. The average Bonchev–Trinajstić information content (AvgIpc) is 3.10. The summed E-state index contributed by atoms with van der Waals surface area (Å²) in [4.78, 5) is 10.6. The fourth-order valence-electron chi connectivity index (χ4n) is 3.84. The minimum absolute atomic E-state index is 0.0119. The topological polar surface area (TPSA) is 96.8 Å². The number of hydrogen-bond acceptors (Lipinski definition) is 6. The fraction of sp³-hybridized carbons (Fsp3) is 0.333. The van der Waals surface area contributed by atoms with E-state index in [-0.39, 0.29) is 17.3 Å². The Morgan fingerprint density at radius 2 is 1.88 bits per heavy atom. The van der Waals surface area contributed by atoms with Crippen molar-refractivity contribution in [3.05, 3.63) is 53.0 Å². The lowest BCUT2D eigenvalue weighted by Gasteiger charge is -2.34. The summed E-state index contributed by atoms with van der Waals surface area (Å²) >= 11 is 0. The second-order valence-corrected chi connectivity index (χ2v) is 6.25. The molecule has 1 saturated carbocycles. The van der Waals surface area contributed by atoms with Gasteiger partial charge in [-0.15, -0.1) is 0 Å². The molecule has 1 N–H and O–H groups in total. The molecule has 1 aliphatic carbocycles. The van der Waals surface area contributed by atoms with E-state index in [0.717, 1.165) is 18.4 Å². The monoisotopic (exact) mass is 317 g/mol. The molecule has 1 fully saturated rings. The van der Waals surface area contributed by atoms with Gasteiger partial charge >= 0.3 is 0 Å². The van der Waals surface area contributed by atoms with Crippen LogP contribution in [0.5, 0.6) is 0 Å². The number of aliphatic hydroxyl groups is 1. The Bertz CT molecular complexity index is 883. The van der Waals surface area contributed by atoms with E-state index >= 15 is 0 Å². The first-order valence-electron chi connectivity index (χ1n) is 7.93. The third-order valence-corrected chi connectivity index (χ3v) is 4.95. The van der Waals surface area contributed by atoms with Crippen LogP contribution in [0.1, 0.15) is 47.8 Å². The number of anilines is 1. The van der Waals surface area contributed by atoms with Crippen LogP contribution < -0.4 is 4.90 Å². The van der Waals surface area contributed by atoms with E-state index < -0.39 is 5.72 Å². The summed E-state index contributed by atoms with van der Waals surface area (Å²) in [5.74, 6) is 0.366. The Morgan fingerprint density at radius 1 is 1.17 bits per heavy atom. The van der Waals surface area contributed by atoms with Gasteiger partial charge in [0.1, 0.15) is 17.9 Å². The summed E-state index contributed by atoms with van der Waals surface area (Å²) in [6, 6.07) is 13.7. The van der Waals surface area contributed by atoms with Crippen LogP contribution in [0, 0.1) is 22.7 Å². The molecule has 2 aliphatic rings. The maximum absolute atomic E-state index is 11.3. The van der Waals surface area contributed by atoms with Gasteiger partial charge in [0.15, 0.2) is 17.2 Å². The number of benzene rings is 1. The lowest BCUT2D eigenvalue weighted by atomic mass is 9.99. The molecule has 0 amide bonds. The minimum atomic E-state index is -1.04. The van der Waals surface area contributed by atoms with Crippen LogP contribution in [0.3, 0.4) is 0 Å². The maximum atomic E-state index is 11.3. The number of nitrogens with zero attached hydrogens (tertiary/aromatic N) is 5. The summed E-state index contributed by atoms with van der Waals surface area (Å²) in [6.45, 7) is 0.492. The first-order chi connectivity index (χ1) is 11.7.